The summed E-state index contributed by atoms with van der Waals surface area (Å²) in [5.41, 5.74) is 3.00. The van der Waals surface area contributed by atoms with Gasteiger partial charge in [-0.3, -0.25) is 13.8 Å². The fraction of sp³-hybridized carbons (Fsp3) is 0.286. The Morgan fingerprint density at radius 3 is 2.75 bits per heavy atom. The third-order valence-corrected chi connectivity index (χ3v) is 5.11. The van der Waals surface area contributed by atoms with Gasteiger partial charge in [-0.2, -0.15) is 0 Å². The largest absolute Gasteiger partial charge is 0.496 e. The molecule has 2 aromatic heterocycles. The van der Waals surface area contributed by atoms with E-state index < -0.39 is 0 Å². The number of methoxy groups -OCH3 is 1. The summed E-state index contributed by atoms with van der Waals surface area (Å²) in [6, 6.07) is 13.7. The third kappa shape index (κ3) is 2.93. The molecule has 4 rings (SSSR count). The van der Waals surface area contributed by atoms with E-state index in [9.17, 15) is 4.79 Å². The smallest absolute Gasteiger partial charge is 0.262 e. The van der Waals surface area contributed by atoms with Gasteiger partial charge in [-0.1, -0.05) is 29.8 Å². The molecule has 0 aliphatic rings. The Morgan fingerprint density at radius 2 is 1.96 bits per heavy atom. The van der Waals surface area contributed by atoms with Gasteiger partial charge in [0.05, 0.1) is 24.6 Å². The van der Waals surface area contributed by atoms with Gasteiger partial charge in [0.15, 0.2) is 5.82 Å². The first-order valence-corrected chi connectivity index (χ1v) is 9.21. The fourth-order valence-corrected chi connectivity index (χ4v) is 3.55. The molecule has 2 aromatic carbocycles. The Hall–Kier alpha value is -3.19. The standard InChI is InChI=1S/C21H23N5O2/c1-13-9-10-18(28-4)16(11-13)14(2)22-12-19-23-24-21-25(3)20(27)15-7-5-6-8-17(15)26(19)21/h5-11,14,22H,12H2,1-4H3. The van der Waals surface area contributed by atoms with Crippen molar-refractivity contribution in [1.82, 2.24) is 24.5 Å². The SMILES string of the molecule is COc1ccc(C)cc1C(C)NCc1nnc2n(C)c(=O)c3ccccc3n12. The molecule has 0 bridgehead atoms. The minimum Gasteiger partial charge on any atom is -0.496 e. The van der Waals surface area contributed by atoms with Gasteiger partial charge in [-0.15, -0.1) is 10.2 Å². The van der Waals surface area contributed by atoms with E-state index in [4.69, 9.17) is 4.74 Å². The molecule has 7 nitrogen and oxygen atoms in total. The predicted molar refractivity (Wildman–Crippen MR) is 109 cm³/mol. The Balaban J connectivity index is 1.72. The number of ether oxygens (including phenoxy) is 1. The van der Waals surface area contributed by atoms with Crippen molar-refractivity contribution in [3.05, 3.63) is 69.8 Å². The minimum atomic E-state index is -0.0760. The lowest BCUT2D eigenvalue weighted by Crippen LogP contribution is -2.23. The molecule has 0 spiro atoms. The van der Waals surface area contributed by atoms with Gasteiger partial charge < -0.3 is 10.1 Å². The second kappa shape index (κ2) is 7.09. The highest BCUT2D eigenvalue weighted by molar-refractivity contribution is 5.80. The van der Waals surface area contributed by atoms with Gasteiger partial charge >= 0.3 is 0 Å². The number of aromatic nitrogens is 4. The van der Waals surface area contributed by atoms with Gasteiger partial charge in [0, 0.05) is 18.7 Å². The molecule has 0 amide bonds. The molecule has 0 fully saturated rings. The number of rotatable bonds is 5. The van der Waals surface area contributed by atoms with Crippen molar-refractivity contribution in [3.63, 3.8) is 0 Å². The summed E-state index contributed by atoms with van der Waals surface area (Å²) in [5, 5.41) is 12.7. The summed E-state index contributed by atoms with van der Waals surface area (Å²) in [7, 11) is 3.40. The van der Waals surface area contributed by atoms with Crippen LogP contribution in [-0.2, 0) is 13.6 Å². The van der Waals surface area contributed by atoms with E-state index in [1.165, 1.54) is 10.1 Å². The summed E-state index contributed by atoms with van der Waals surface area (Å²) in [6.45, 7) is 4.66. The number of nitrogens with zero attached hydrogens (tertiary/aromatic N) is 4. The molecule has 1 atom stereocenters. The topological polar surface area (TPSA) is 73.4 Å². The van der Waals surface area contributed by atoms with E-state index in [0.717, 1.165) is 22.7 Å². The molecular weight excluding hydrogens is 354 g/mol. The summed E-state index contributed by atoms with van der Waals surface area (Å²) in [6.07, 6.45) is 0. The lowest BCUT2D eigenvalue weighted by molar-refractivity contribution is 0.401. The van der Waals surface area contributed by atoms with E-state index in [0.29, 0.717) is 17.7 Å². The van der Waals surface area contributed by atoms with Gasteiger partial charge in [0.2, 0.25) is 5.78 Å². The molecule has 28 heavy (non-hydrogen) atoms. The number of benzene rings is 2. The quantitative estimate of drug-likeness (QED) is 0.579. The molecule has 7 heteroatoms. The number of nitrogens with one attached hydrogen (secondary N) is 1. The van der Waals surface area contributed by atoms with Crippen LogP contribution in [0.1, 0.15) is 29.9 Å². The van der Waals surface area contributed by atoms with Crippen molar-refractivity contribution in [2.24, 2.45) is 7.05 Å². The highest BCUT2D eigenvalue weighted by Gasteiger charge is 2.16. The highest BCUT2D eigenvalue weighted by Crippen LogP contribution is 2.26. The van der Waals surface area contributed by atoms with Crippen LogP contribution in [0.5, 0.6) is 5.75 Å². The molecular formula is C21H23N5O2. The van der Waals surface area contributed by atoms with Crippen LogP contribution in [0.4, 0.5) is 0 Å². The summed E-state index contributed by atoms with van der Waals surface area (Å²) in [4.78, 5) is 12.6. The molecule has 2 heterocycles. The number of para-hydroxylation sites is 1. The van der Waals surface area contributed by atoms with E-state index >= 15 is 0 Å². The Morgan fingerprint density at radius 1 is 1.18 bits per heavy atom. The zero-order chi connectivity index (χ0) is 19.8. The first-order chi connectivity index (χ1) is 13.5. The second-order valence-electron chi connectivity index (χ2n) is 6.98. The second-order valence-corrected chi connectivity index (χ2v) is 6.98. The Kier molecular flexibility index (Phi) is 4.60. The van der Waals surface area contributed by atoms with E-state index in [1.807, 2.05) is 40.8 Å². The van der Waals surface area contributed by atoms with Crippen molar-refractivity contribution in [1.29, 1.82) is 0 Å². The van der Waals surface area contributed by atoms with Crippen LogP contribution >= 0.6 is 0 Å². The van der Waals surface area contributed by atoms with Crippen molar-refractivity contribution >= 4 is 16.7 Å². The van der Waals surface area contributed by atoms with Crippen LogP contribution in [0.2, 0.25) is 0 Å². The average molecular weight is 377 g/mol. The molecule has 144 valence electrons. The van der Waals surface area contributed by atoms with Gasteiger partial charge in [0.25, 0.3) is 5.56 Å². The number of aryl methyl sites for hydroxylation is 2. The van der Waals surface area contributed by atoms with E-state index in [2.05, 4.69) is 35.4 Å². The normalized spacial score (nSPS) is 12.6. The Labute approximate surface area is 162 Å². The maximum Gasteiger partial charge on any atom is 0.262 e. The van der Waals surface area contributed by atoms with Crippen molar-refractivity contribution < 1.29 is 4.74 Å². The molecule has 0 saturated heterocycles. The van der Waals surface area contributed by atoms with E-state index in [1.54, 1.807) is 14.2 Å². The van der Waals surface area contributed by atoms with Crippen LogP contribution < -0.4 is 15.6 Å². The predicted octanol–water partition coefficient (Wildman–Crippen LogP) is 2.75. The van der Waals surface area contributed by atoms with Gasteiger partial charge in [0.1, 0.15) is 5.75 Å². The first-order valence-electron chi connectivity index (χ1n) is 9.21. The average Bonchev–Trinajstić information content (AvgIpc) is 3.14. The molecule has 0 saturated carbocycles. The van der Waals surface area contributed by atoms with Crippen molar-refractivity contribution in [3.8, 4) is 5.75 Å². The zero-order valence-corrected chi connectivity index (χ0v) is 16.4. The summed E-state index contributed by atoms with van der Waals surface area (Å²) in [5.74, 6) is 2.13. The van der Waals surface area contributed by atoms with Crippen LogP contribution in [0, 0.1) is 6.92 Å². The van der Waals surface area contributed by atoms with Crippen molar-refractivity contribution in [2.45, 2.75) is 26.4 Å². The van der Waals surface area contributed by atoms with Crippen LogP contribution in [0.3, 0.4) is 0 Å². The van der Waals surface area contributed by atoms with Crippen LogP contribution in [-0.4, -0.2) is 26.3 Å². The van der Waals surface area contributed by atoms with Gasteiger partial charge in [-0.25, -0.2) is 0 Å². The molecule has 0 aliphatic heterocycles. The molecule has 0 aliphatic carbocycles. The Bertz CT molecular complexity index is 1220. The minimum absolute atomic E-state index is 0.0565. The van der Waals surface area contributed by atoms with Crippen LogP contribution in [0.25, 0.3) is 16.7 Å². The van der Waals surface area contributed by atoms with E-state index in [-0.39, 0.29) is 11.6 Å². The first kappa shape index (κ1) is 18.2. The molecule has 1 unspecified atom stereocenters. The maximum absolute atomic E-state index is 12.6. The summed E-state index contributed by atoms with van der Waals surface area (Å²) >= 11 is 0. The maximum atomic E-state index is 12.6. The number of hydrogen-bond donors (Lipinski definition) is 1. The van der Waals surface area contributed by atoms with Crippen LogP contribution in [0.15, 0.2) is 47.3 Å². The van der Waals surface area contributed by atoms with Crippen molar-refractivity contribution in [2.75, 3.05) is 7.11 Å². The molecule has 0 radical (unpaired) electrons. The third-order valence-electron chi connectivity index (χ3n) is 5.11. The lowest BCUT2D eigenvalue weighted by atomic mass is 10.0. The fourth-order valence-electron chi connectivity index (χ4n) is 3.55. The molecule has 1 N–H and O–H groups in total. The van der Waals surface area contributed by atoms with Gasteiger partial charge in [-0.05, 0) is 32.0 Å². The number of hydrogen-bond acceptors (Lipinski definition) is 5. The monoisotopic (exact) mass is 377 g/mol. The highest BCUT2D eigenvalue weighted by atomic mass is 16.5. The zero-order valence-electron chi connectivity index (χ0n) is 16.4. The number of fused-ring (bicyclic) bond motifs is 3. The lowest BCUT2D eigenvalue weighted by Gasteiger charge is -2.18. The molecule has 4 aromatic rings. The summed E-state index contributed by atoms with van der Waals surface area (Å²) < 4.78 is 8.97.